The zero-order valence-corrected chi connectivity index (χ0v) is 20.9. The number of hydrogen-bond donors (Lipinski definition) is 2. The highest BCUT2D eigenvalue weighted by atomic mass is 19.1. The number of rotatable bonds is 8. The highest BCUT2D eigenvalue weighted by Gasteiger charge is 2.22. The van der Waals surface area contributed by atoms with Crippen LogP contribution in [0.4, 0.5) is 14.6 Å². The Morgan fingerprint density at radius 2 is 2.14 bits per heavy atom. The van der Waals surface area contributed by atoms with Gasteiger partial charge in [0.1, 0.15) is 11.6 Å². The fraction of sp³-hybridized carbons (Fsp3) is 0.440. The summed E-state index contributed by atoms with van der Waals surface area (Å²) in [7, 11) is 5.40. The topological polar surface area (TPSA) is 106 Å². The summed E-state index contributed by atoms with van der Waals surface area (Å²) in [6.07, 6.45) is 6.89. The van der Waals surface area contributed by atoms with Crippen LogP contribution in [0.3, 0.4) is 0 Å². The number of hydrogen-bond acceptors (Lipinski definition) is 7. The van der Waals surface area contributed by atoms with E-state index < -0.39 is 5.82 Å². The van der Waals surface area contributed by atoms with E-state index in [2.05, 4.69) is 21.4 Å². The van der Waals surface area contributed by atoms with E-state index in [0.29, 0.717) is 13.7 Å². The molecule has 0 saturated heterocycles. The average Bonchev–Trinajstić information content (AvgIpc) is 2.87. The standard InChI is InChI=1S/C24H31FN6O2.CH3F/c1-15-20(18(12-26)13-27-2)9-16-5-6-19(30-24(16)29-15)7-8-31(3)23(32)11-17-10-22(33-4)28-14-21(17)25;1-2/h9-10,12-14,19H,5-8,11,26H2,1-4H3,(H,29,30);1H3/b18-12+,27-13?;. The van der Waals surface area contributed by atoms with Crippen molar-refractivity contribution in [2.45, 2.75) is 38.6 Å². The number of fused-ring (bicyclic) bond motifs is 1. The van der Waals surface area contributed by atoms with Crippen LogP contribution in [0.2, 0.25) is 0 Å². The second kappa shape index (κ2) is 13.4. The molecule has 2 aromatic rings. The van der Waals surface area contributed by atoms with E-state index in [0.717, 1.165) is 53.7 Å². The quantitative estimate of drug-likeness (QED) is 0.552. The number of carbonyl (C=O) groups excluding carboxylic acids is 1. The Labute approximate surface area is 205 Å². The number of halogens is 2. The van der Waals surface area contributed by atoms with Crippen molar-refractivity contribution in [2.75, 3.05) is 40.2 Å². The molecule has 1 unspecified atom stereocenters. The molecule has 0 radical (unpaired) electrons. The molecule has 0 aliphatic carbocycles. The molecule has 1 atom stereocenters. The van der Waals surface area contributed by atoms with Crippen molar-refractivity contribution in [1.82, 2.24) is 14.9 Å². The summed E-state index contributed by atoms with van der Waals surface area (Å²) in [6.45, 7) is 2.51. The molecule has 2 aromatic heterocycles. The van der Waals surface area contributed by atoms with Gasteiger partial charge in [-0.2, -0.15) is 0 Å². The molecular weight excluding hydrogens is 454 g/mol. The first-order valence-corrected chi connectivity index (χ1v) is 11.3. The van der Waals surface area contributed by atoms with E-state index >= 15 is 0 Å². The fourth-order valence-corrected chi connectivity index (χ4v) is 3.89. The van der Waals surface area contributed by atoms with Gasteiger partial charge in [-0.05, 0) is 37.8 Å². The maximum absolute atomic E-state index is 14.0. The average molecular weight is 489 g/mol. The summed E-state index contributed by atoms with van der Waals surface area (Å²) in [5.74, 6) is 0.489. The number of aromatic nitrogens is 2. The van der Waals surface area contributed by atoms with E-state index in [9.17, 15) is 13.6 Å². The Kier molecular flexibility index (Phi) is 10.6. The molecule has 0 bridgehead atoms. The number of aryl methyl sites for hydroxylation is 2. The number of nitrogens with zero attached hydrogens (tertiary/aromatic N) is 4. The molecule has 0 spiro atoms. The second-order valence-corrected chi connectivity index (χ2v) is 8.12. The number of nitrogens with one attached hydrogen (secondary N) is 1. The molecule has 0 aromatic carbocycles. The van der Waals surface area contributed by atoms with E-state index in [-0.39, 0.29) is 29.8 Å². The normalized spacial score (nSPS) is 15.1. The van der Waals surface area contributed by atoms with Gasteiger partial charge in [0.2, 0.25) is 11.8 Å². The molecule has 0 saturated carbocycles. The molecule has 3 N–H and O–H groups in total. The number of pyridine rings is 2. The smallest absolute Gasteiger partial charge is 0.226 e. The van der Waals surface area contributed by atoms with Gasteiger partial charge in [0.15, 0.2) is 0 Å². The number of likely N-dealkylation sites (N-methyl/N-ethyl adjacent to an activating group) is 1. The molecule has 3 rings (SSSR count). The maximum Gasteiger partial charge on any atom is 0.226 e. The van der Waals surface area contributed by atoms with Crippen molar-refractivity contribution in [1.29, 1.82) is 0 Å². The predicted molar refractivity (Wildman–Crippen MR) is 135 cm³/mol. The Hall–Kier alpha value is -3.56. The number of carbonyl (C=O) groups is 1. The summed E-state index contributed by atoms with van der Waals surface area (Å²) in [6, 6.07) is 3.78. The Bertz CT molecular complexity index is 1070. The van der Waals surface area contributed by atoms with Gasteiger partial charge < -0.3 is 20.7 Å². The predicted octanol–water partition coefficient (Wildman–Crippen LogP) is 3.34. The van der Waals surface area contributed by atoms with Crippen molar-refractivity contribution < 1.29 is 18.3 Å². The highest BCUT2D eigenvalue weighted by molar-refractivity contribution is 6.10. The first-order chi connectivity index (χ1) is 16.9. The first kappa shape index (κ1) is 27.7. The number of amides is 1. The minimum absolute atomic E-state index is 0.0380. The maximum atomic E-state index is 14.0. The van der Waals surface area contributed by atoms with Gasteiger partial charge in [-0.1, -0.05) is 0 Å². The minimum Gasteiger partial charge on any atom is -0.481 e. The third kappa shape index (κ3) is 7.21. The number of anilines is 1. The SMILES string of the molecule is CF.CN=C/C(=C\N)c1cc2c(nc1C)NC(CCN(C)C(=O)Cc1cc(OC)ncc1F)CC2. The van der Waals surface area contributed by atoms with Crippen molar-refractivity contribution in [3.05, 3.63) is 52.7 Å². The van der Waals surface area contributed by atoms with Crippen LogP contribution in [0.25, 0.3) is 5.57 Å². The van der Waals surface area contributed by atoms with Gasteiger partial charge in [0, 0.05) is 67.6 Å². The van der Waals surface area contributed by atoms with E-state index in [4.69, 9.17) is 15.5 Å². The van der Waals surface area contributed by atoms with E-state index in [1.54, 1.807) is 31.4 Å². The second-order valence-electron chi connectivity index (χ2n) is 8.12. The summed E-state index contributed by atoms with van der Waals surface area (Å²) < 4.78 is 28.5. The van der Waals surface area contributed by atoms with E-state index in [1.807, 2.05) is 6.92 Å². The van der Waals surface area contributed by atoms with Gasteiger partial charge in [-0.25, -0.2) is 14.4 Å². The van der Waals surface area contributed by atoms with Crippen LogP contribution < -0.4 is 15.8 Å². The lowest BCUT2D eigenvalue weighted by Crippen LogP contribution is -2.34. The van der Waals surface area contributed by atoms with Crippen LogP contribution in [0.1, 0.15) is 35.2 Å². The molecule has 1 aliphatic rings. The van der Waals surface area contributed by atoms with Gasteiger partial charge in [0.05, 0.1) is 26.9 Å². The number of ether oxygens (including phenoxy) is 1. The fourth-order valence-electron chi connectivity index (χ4n) is 3.89. The lowest BCUT2D eigenvalue weighted by molar-refractivity contribution is -0.129. The minimum atomic E-state index is -0.512. The molecule has 10 heteroatoms. The lowest BCUT2D eigenvalue weighted by atomic mass is 9.95. The third-order valence-electron chi connectivity index (χ3n) is 5.85. The molecule has 1 amide bonds. The summed E-state index contributed by atoms with van der Waals surface area (Å²) in [5, 5.41) is 3.50. The summed E-state index contributed by atoms with van der Waals surface area (Å²) in [5.41, 5.74) is 9.88. The van der Waals surface area contributed by atoms with Gasteiger partial charge in [-0.15, -0.1) is 0 Å². The van der Waals surface area contributed by atoms with Crippen LogP contribution in [0.5, 0.6) is 5.88 Å². The molecule has 3 heterocycles. The van der Waals surface area contributed by atoms with Crippen LogP contribution in [-0.2, 0) is 17.6 Å². The molecule has 0 fully saturated rings. The van der Waals surface area contributed by atoms with E-state index in [1.165, 1.54) is 13.2 Å². The third-order valence-corrected chi connectivity index (χ3v) is 5.85. The van der Waals surface area contributed by atoms with Crippen molar-refractivity contribution in [2.24, 2.45) is 10.7 Å². The number of nitrogens with two attached hydrogens (primary N) is 1. The first-order valence-electron chi connectivity index (χ1n) is 11.3. The van der Waals surface area contributed by atoms with Crippen molar-refractivity contribution >= 4 is 23.5 Å². The van der Waals surface area contributed by atoms with Crippen LogP contribution in [0.15, 0.2) is 29.5 Å². The Morgan fingerprint density at radius 1 is 1.40 bits per heavy atom. The number of methoxy groups -OCH3 is 1. The zero-order valence-electron chi connectivity index (χ0n) is 20.9. The molecule has 35 heavy (non-hydrogen) atoms. The number of alkyl halides is 1. The molecule has 190 valence electrons. The van der Waals surface area contributed by atoms with Gasteiger partial charge in [-0.3, -0.25) is 14.2 Å². The molecule has 1 aliphatic heterocycles. The van der Waals surface area contributed by atoms with Crippen LogP contribution >= 0.6 is 0 Å². The van der Waals surface area contributed by atoms with Crippen molar-refractivity contribution in [3.8, 4) is 5.88 Å². The number of allylic oxidation sites excluding steroid dienone is 1. The molecule has 8 nitrogen and oxygen atoms in total. The molecular formula is C25H34F2N6O2. The summed E-state index contributed by atoms with van der Waals surface area (Å²) >= 11 is 0. The monoisotopic (exact) mass is 488 g/mol. The number of aliphatic imine (C=N–C) groups is 1. The van der Waals surface area contributed by atoms with Gasteiger partial charge in [0.25, 0.3) is 0 Å². The largest absolute Gasteiger partial charge is 0.481 e. The lowest BCUT2D eigenvalue weighted by Gasteiger charge is -2.29. The Morgan fingerprint density at radius 3 is 2.80 bits per heavy atom. The highest BCUT2D eigenvalue weighted by Crippen LogP contribution is 2.29. The summed E-state index contributed by atoms with van der Waals surface area (Å²) in [4.78, 5) is 26.9. The van der Waals surface area contributed by atoms with Crippen LogP contribution in [0, 0.1) is 12.7 Å². The van der Waals surface area contributed by atoms with Crippen molar-refractivity contribution in [3.63, 3.8) is 0 Å². The van der Waals surface area contributed by atoms with Gasteiger partial charge >= 0.3 is 0 Å². The van der Waals surface area contributed by atoms with Crippen LogP contribution in [-0.4, -0.2) is 68.0 Å². The Balaban J connectivity index is 0.00000210. The zero-order chi connectivity index (χ0) is 26.0.